The molecule has 2 aromatic carbocycles. The summed E-state index contributed by atoms with van der Waals surface area (Å²) in [6.07, 6.45) is 0.973. The zero-order valence-electron chi connectivity index (χ0n) is 16.4. The van der Waals surface area contributed by atoms with E-state index >= 15 is 0 Å². The van der Waals surface area contributed by atoms with Crippen LogP contribution in [-0.2, 0) is 4.74 Å². The highest BCUT2D eigenvalue weighted by atomic mass is 32.2. The number of carbonyl (C=O) groups is 1. The first kappa shape index (κ1) is 22.0. The number of esters is 1. The summed E-state index contributed by atoms with van der Waals surface area (Å²) in [6, 6.07) is 13.5. The van der Waals surface area contributed by atoms with Crippen LogP contribution in [0.4, 0.5) is 5.69 Å². The molecule has 0 saturated heterocycles. The maximum absolute atomic E-state index is 12.0. The van der Waals surface area contributed by atoms with Crippen LogP contribution in [0.3, 0.4) is 0 Å². The molecule has 0 aromatic heterocycles. The summed E-state index contributed by atoms with van der Waals surface area (Å²) in [5, 5.41) is 6.91. The summed E-state index contributed by atoms with van der Waals surface area (Å²) in [6.45, 7) is 4.79. The highest BCUT2D eigenvalue weighted by molar-refractivity contribution is 7.99. The SMILES string of the molecule is CCOC(=O)c1cccc(NC(=S)NCCCSc2ccc(OC)cc2)c1C. The van der Waals surface area contributed by atoms with Gasteiger partial charge in [0.05, 0.1) is 19.3 Å². The first-order chi connectivity index (χ1) is 13.5. The van der Waals surface area contributed by atoms with Gasteiger partial charge in [-0.2, -0.15) is 0 Å². The Kier molecular flexibility index (Phi) is 9.10. The number of benzene rings is 2. The van der Waals surface area contributed by atoms with Crippen molar-refractivity contribution in [1.29, 1.82) is 0 Å². The molecule has 0 aliphatic rings. The van der Waals surface area contributed by atoms with E-state index in [4.69, 9.17) is 21.7 Å². The molecule has 28 heavy (non-hydrogen) atoms. The van der Waals surface area contributed by atoms with Gasteiger partial charge in [-0.3, -0.25) is 0 Å². The van der Waals surface area contributed by atoms with Crippen LogP contribution in [0.5, 0.6) is 5.75 Å². The minimum atomic E-state index is -0.321. The number of methoxy groups -OCH3 is 1. The third-order valence-electron chi connectivity index (χ3n) is 4.01. The number of thioether (sulfide) groups is 1. The summed E-state index contributed by atoms with van der Waals surface area (Å²) in [4.78, 5) is 13.2. The van der Waals surface area contributed by atoms with E-state index < -0.39 is 0 Å². The van der Waals surface area contributed by atoms with E-state index in [1.165, 1.54) is 4.90 Å². The number of thiocarbonyl (C=S) groups is 1. The monoisotopic (exact) mass is 418 g/mol. The van der Waals surface area contributed by atoms with Crippen molar-refractivity contribution < 1.29 is 14.3 Å². The molecular formula is C21H26N2O3S2. The van der Waals surface area contributed by atoms with Crippen molar-refractivity contribution in [3.05, 3.63) is 53.6 Å². The van der Waals surface area contributed by atoms with E-state index in [0.717, 1.165) is 35.7 Å². The average Bonchev–Trinajstić information content (AvgIpc) is 2.70. The van der Waals surface area contributed by atoms with Crippen molar-refractivity contribution in [3.63, 3.8) is 0 Å². The van der Waals surface area contributed by atoms with Gasteiger partial charge in [0.15, 0.2) is 5.11 Å². The first-order valence-electron chi connectivity index (χ1n) is 9.13. The lowest BCUT2D eigenvalue weighted by molar-refractivity contribution is 0.0525. The minimum Gasteiger partial charge on any atom is -0.497 e. The molecular weight excluding hydrogens is 392 g/mol. The zero-order valence-corrected chi connectivity index (χ0v) is 18.0. The Hall–Kier alpha value is -2.25. The van der Waals surface area contributed by atoms with Gasteiger partial charge < -0.3 is 20.1 Å². The molecule has 0 fully saturated rings. The summed E-state index contributed by atoms with van der Waals surface area (Å²) in [5.41, 5.74) is 2.17. The van der Waals surface area contributed by atoms with Crippen molar-refractivity contribution in [2.75, 3.05) is 31.3 Å². The molecule has 0 radical (unpaired) electrons. The number of ether oxygens (including phenoxy) is 2. The van der Waals surface area contributed by atoms with Gasteiger partial charge in [-0.05, 0) is 80.2 Å². The highest BCUT2D eigenvalue weighted by Crippen LogP contribution is 2.22. The van der Waals surface area contributed by atoms with Gasteiger partial charge in [0, 0.05) is 17.1 Å². The number of carbonyl (C=O) groups excluding carboxylic acids is 1. The van der Waals surface area contributed by atoms with Crippen LogP contribution in [0.2, 0.25) is 0 Å². The molecule has 0 aliphatic heterocycles. The number of hydrogen-bond acceptors (Lipinski definition) is 5. The van der Waals surface area contributed by atoms with Gasteiger partial charge in [-0.15, -0.1) is 11.8 Å². The summed E-state index contributed by atoms with van der Waals surface area (Å²) >= 11 is 7.16. The summed E-state index contributed by atoms with van der Waals surface area (Å²) < 4.78 is 10.2. The molecule has 2 N–H and O–H groups in total. The predicted molar refractivity (Wildman–Crippen MR) is 120 cm³/mol. The van der Waals surface area contributed by atoms with Gasteiger partial charge in [-0.1, -0.05) is 6.07 Å². The van der Waals surface area contributed by atoms with Gasteiger partial charge in [-0.25, -0.2) is 4.79 Å². The maximum atomic E-state index is 12.0. The lowest BCUT2D eigenvalue weighted by Gasteiger charge is -2.14. The Morgan fingerprint density at radius 1 is 1.18 bits per heavy atom. The van der Waals surface area contributed by atoms with Crippen LogP contribution in [0.15, 0.2) is 47.4 Å². The molecule has 0 bridgehead atoms. The summed E-state index contributed by atoms with van der Waals surface area (Å²) in [7, 11) is 1.67. The van der Waals surface area contributed by atoms with Gasteiger partial charge >= 0.3 is 5.97 Å². The summed E-state index contributed by atoms with van der Waals surface area (Å²) in [5.74, 6) is 1.53. The number of rotatable bonds is 9. The molecule has 0 unspecified atom stereocenters. The van der Waals surface area contributed by atoms with Crippen molar-refractivity contribution in [3.8, 4) is 5.75 Å². The molecule has 0 spiro atoms. The van der Waals surface area contributed by atoms with Gasteiger partial charge in [0.25, 0.3) is 0 Å². The van der Waals surface area contributed by atoms with E-state index in [9.17, 15) is 4.79 Å². The fourth-order valence-corrected chi connectivity index (χ4v) is 3.57. The van der Waals surface area contributed by atoms with E-state index in [2.05, 4.69) is 22.8 Å². The third kappa shape index (κ3) is 6.73. The molecule has 0 aliphatic carbocycles. The fraction of sp³-hybridized carbons (Fsp3) is 0.333. The molecule has 0 heterocycles. The standard InChI is InChI=1S/C21H26N2O3S2/c1-4-26-20(24)18-7-5-8-19(15(18)2)23-21(27)22-13-6-14-28-17-11-9-16(25-3)10-12-17/h5,7-12H,4,6,13-14H2,1-3H3,(H2,22,23,27). The lowest BCUT2D eigenvalue weighted by atomic mass is 10.1. The van der Waals surface area contributed by atoms with Crippen LogP contribution in [0, 0.1) is 6.92 Å². The Balaban J connectivity index is 1.75. The molecule has 2 aromatic rings. The molecule has 0 amide bonds. The van der Waals surface area contributed by atoms with Crippen molar-refractivity contribution in [2.45, 2.75) is 25.2 Å². The normalized spacial score (nSPS) is 10.2. The second-order valence-electron chi connectivity index (χ2n) is 5.96. The smallest absolute Gasteiger partial charge is 0.338 e. The second-order valence-corrected chi connectivity index (χ2v) is 7.53. The van der Waals surface area contributed by atoms with Crippen LogP contribution in [0.25, 0.3) is 0 Å². The molecule has 2 rings (SSSR count). The van der Waals surface area contributed by atoms with E-state index in [1.54, 1.807) is 31.9 Å². The van der Waals surface area contributed by atoms with Gasteiger partial charge in [0.1, 0.15) is 5.75 Å². The first-order valence-corrected chi connectivity index (χ1v) is 10.5. The van der Waals surface area contributed by atoms with Crippen LogP contribution in [-0.4, -0.2) is 37.1 Å². The predicted octanol–water partition coefficient (Wildman–Crippen LogP) is 4.65. The van der Waals surface area contributed by atoms with Crippen LogP contribution in [0.1, 0.15) is 29.3 Å². The Morgan fingerprint density at radius 3 is 2.61 bits per heavy atom. The molecule has 5 nitrogen and oxygen atoms in total. The Morgan fingerprint density at radius 2 is 1.93 bits per heavy atom. The second kappa shape index (κ2) is 11.6. The Labute approximate surface area is 176 Å². The molecule has 0 atom stereocenters. The fourth-order valence-electron chi connectivity index (χ4n) is 2.50. The number of anilines is 1. The van der Waals surface area contributed by atoms with E-state index in [1.807, 2.05) is 31.2 Å². The van der Waals surface area contributed by atoms with Crippen molar-refractivity contribution >= 4 is 40.7 Å². The average molecular weight is 419 g/mol. The zero-order chi connectivity index (χ0) is 20.4. The molecule has 0 saturated carbocycles. The maximum Gasteiger partial charge on any atom is 0.338 e. The van der Waals surface area contributed by atoms with Crippen molar-refractivity contribution in [2.24, 2.45) is 0 Å². The van der Waals surface area contributed by atoms with E-state index in [-0.39, 0.29) is 5.97 Å². The van der Waals surface area contributed by atoms with E-state index in [0.29, 0.717) is 17.3 Å². The number of hydrogen-bond donors (Lipinski definition) is 2. The number of nitrogens with one attached hydrogen (secondary N) is 2. The molecule has 7 heteroatoms. The third-order valence-corrected chi connectivity index (χ3v) is 5.36. The quantitative estimate of drug-likeness (QED) is 0.266. The Bertz CT molecular complexity index is 795. The minimum absolute atomic E-state index is 0.321. The van der Waals surface area contributed by atoms with Crippen LogP contribution >= 0.6 is 24.0 Å². The van der Waals surface area contributed by atoms with Gasteiger partial charge in [0.2, 0.25) is 0 Å². The topological polar surface area (TPSA) is 59.6 Å². The van der Waals surface area contributed by atoms with Crippen molar-refractivity contribution in [1.82, 2.24) is 5.32 Å². The highest BCUT2D eigenvalue weighted by Gasteiger charge is 2.13. The van der Waals surface area contributed by atoms with Crippen LogP contribution < -0.4 is 15.4 Å². The molecule has 150 valence electrons. The lowest BCUT2D eigenvalue weighted by Crippen LogP contribution is -2.30. The largest absolute Gasteiger partial charge is 0.497 e.